The van der Waals surface area contributed by atoms with Crippen molar-refractivity contribution in [3.8, 4) is 0 Å². The van der Waals surface area contributed by atoms with Crippen molar-refractivity contribution in [1.82, 2.24) is 10.2 Å². The molecule has 1 aliphatic heterocycles. The minimum absolute atomic E-state index is 0.0846. The van der Waals surface area contributed by atoms with Gasteiger partial charge in [-0.05, 0) is 66.0 Å². The first-order valence-corrected chi connectivity index (χ1v) is 8.27. The molecule has 21 heavy (non-hydrogen) atoms. The van der Waals surface area contributed by atoms with Crippen molar-refractivity contribution in [2.75, 3.05) is 13.1 Å². The van der Waals surface area contributed by atoms with Gasteiger partial charge in [-0.2, -0.15) is 0 Å². The molecule has 1 heterocycles. The monoisotopic (exact) mass is 298 g/mol. The number of aliphatic hydroxyl groups excluding tert-OH is 1. The highest BCUT2D eigenvalue weighted by Gasteiger charge is 2.35. The Labute approximate surface area is 128 Å². The molecule has 0 aromatic rings. The topological polar surface area (TPSA) is 61.8 Å². The standard InChI is InChI=1S/C16H30N2O3/c1-16(2,3)21-15(20)17-13-8-7-12(19)11-14(13)18-9-5-4-6-10-18/h12-14,19H,4-11H2,1-3H3,(H,17,20). The van der Waals surface area contributed by atoms with E-state index in [2.05, 4.69) is 10.2 Å². The molecule has 1 amide bonds. The summed E-state index contributed by atoms with van der Waals surface area (Å²) >= 11 is 0. The molecule has 5 heteroatoms. The Morgan fingerprint density at radius 2 is 1.86 bits per heavy atom. The summed E-state index contributed by atoms with van der Waals surface area (Å²) in [5.41, 5.74) is -0.473. The molecule has 5 nitrogen and oxygen atoms in total. The average molecular weight is 298 g/mol. The van der Waals surface area contributed by atoms with Crippen molar-refractivity contribution >= 4 is 6.09 Å². The zero-order chi connectivity index (χ0) is 15.5. The lowest BCUT2D eigenvalue weighted by molar-refractivity contribution is 0.0182. The quantitative estimate of drug-likeness (QED) is 0.821. The zero-order valence-electron chi connectivity index (χ0n) is 13.6. The molecule has 0 spiro atoms. The maximum Gasteiger partial charge on any atom is 0.407 e. The van der Waals surface area contributed by atoms with Gasteiger partial charge in [0.1, 0.15) is 5.60 Å². The summed E-state index contributed by atoms with van der Waals surface area (Å²) < 4.78 is 5.37. The molecule has 122 valence electrons. The lowest BCUT2D eigenvalue weighted by atomic mass is 9.86. The van der Waals surface area contributed by atoms with E-state index in [1.54, 1.807) is 0 Å². The fraction of sp³-hybridized carbons (Fsp3) is 0.938. The largest absolute Gasteiger partial charge is 0.444 e. The number of piperidine rings is 1. The van der Waals surface area contributed by atoms with E-state index in [1.165, 1.54) is 19.3 Å². The molecule has 0 bridgehead atoms. The van der Waals surface area contributed by atoms with Gasteiger partial charge in [-0.3, -0.25) is 4.90 Å². The van der Waals surface area contributed by atoms with Gasteiger partial charge in [0.25, 0.3) is 0 Å². The third kappa shape index (κ3) is 5.15. The Morgan fingerprint density at radius 1 is 1.19 bits per heavy atom. The van der Waals surface area contributed by atoms with Crippen molar-refractivity contribution in [3.05, 3.63) is 0 Å². The molecule has 2 fully saturated rings. The highest BCUT2D eigenvalue weighted by Crippen LogP contribution is 2.26. The van der Waals surface area contributed by atoms with Gasteiger partial charge >= 0.3 is 6.09 Å². The van der Waals surface area contributed by atoms with Crippen LogP contribution in [0.15, 0.2) is 0 Å². The van der Waals surface area contributed by atoms with Crippen LogP contribution in [-0.2, 0) is 4.74 Å². The predicted octanol–water partition coefficient (Wildman–Crippen LogP) is 2.28. The number of ether oxygens (including phenoxy) is 1. The van der Waals surface area contributed by atoms with Crippen LogP contribution in [0, 0.1) is 0 Å². The van der Waals surface area contributed by atoms with Crippen LogP contribution < -0.4 is 5.32 Å². The third-order valence-corrected chi connectivity index (χ3v) is 4.35. The summed E-state index contributed by atoms with van der Waals surface area (Å²) in [5.74, 6) is 0. The number of rotatable bonds is 2. The van der Waals surface area contributed by atoms with E-state index in [0.29, 0.717) is 0 Å². The molecule has 1 saturated heterocycles. The number of carbonyl (C=O) groups excluding carboxylic acids is 1. The molecule has 1 aliphatic carbocycles. The lowest BCUT2D eigenvalue weighted by Crippen LogP contribution is -2.57. The fourth-order valence-electron chi connectivity index (χ4n) is 3.41. The molecule has 0 aromatic carbocycles. The smallest absolute Gasteiger partial charge is 0.407 e. The second kappa shape index (κ2) is 6.97. The first-order valence-electron chi connectivity index (χ1n) is 8.27. The molecule has 0 radical (unpaired) electrons. The molecule has 3 atom stereocenters. The molecule has 3 unspecified atom stereocenters. The van der Waals surface area contributed by atoms with Crippen LogP contribution >= 0.6 is 0 Å². The zero-order valence-corrected chi connectivity index (χ0v) is 13.6. The third-order valence-electron chi connectivity index (χ3n) is 4.35. The Morgan fingerprint density at radius 3 is 2.48 bits per heavy atom. The fourth-order valence-corrected chi connectivity index (χ4v) is 3.41. The van der Waals surface area contributed by atoms with Crippen molar-refractivity contribution in [2.24, 2.45) is 0 Å². The van der Waals surface area contributed by atoms with Crippen LogP contribution in [-0.4, -0.2) is 53.0 Å². The van der Waals surface area contributed by atoms with E-state index in [9.17, 15) is 9.90 Å². The Kier molecular flexibility index (Phi) is 5.49. The number of hydrogen-bond acceptors (Lipinski definition) is 4. The normalized spacial score (nSPS) is 31.7. The molecular weight excluding hydrogens is 268 g/mol. The minimum atomic E-state index is -0.473. The molecule has 2 rings (SSSR count). The second-order valence-corrected chi connectivity index (χ2v) is 7.38. The van der Waals surface area contributed by atoms with E-state index in [1.807, 2.05) is 20.8 Å². The van der Waals surface area contributed by atoms with Crippen molar-refractivity contribution in [1.29, 1.82) is 0 Å². The van der Waals surface area contributed by atoms with Gasteiger partial charge in [0.15, 0.2) is 0 Å². The maximum atomic E-state index is 12.0. The van der Waals surface area contributed by atoms with Gasteiger partial charge in [-0.15, -0.1) is 0 Å². The number of nitrogens with zero attached hydrogens (tertiary/aromatic N) is 1. The number of likely N-dealkylation sites (tertiary alicyclic amines) is 1. The first kappa shape index (κ1) is 16.6. The van der Waals surface area contributed by atoms with Crippen LogP contribution in [0.5, 0.6) is 0 Å². The van der Waals surface area contributed by atoms with Crippen LogP contribution in [0.3, 0.4) is 0 Å². The molecule has 0 aromatic heterocycles. The number of alkyl carbamates (subject to hydrolysis) is 1. The number of amides is 1. The average Bonchev–Trinajstić information content (AvgIpc) is 2.40. The van der Waals surface area contributed by atoms with Crippen molar-refractivity contribution in [2.45, 2.75) is 83.1 Å². The van der Waals surface area contributed by atoms with Gasteiger partial charge in [-0.1, -0.05) is 6.42 Å². The van der Waals surface area contributed by atoms with E-state index in [4.69, 9.17) is 4.74 Å². The summed E-state index contributed by atoms with van der Waals surface area (Å²) in [6.45, 7) is 7.77. The van der Waals surface area contributed by atoms with Gasteiger partial charge < -0.3 is 15.2 Å². The summed E-state index contributed by atoms with van der Waals surface area (Å²) in [4.78, 5) is 14.5. The number of nitrogens with one attached hydrogen (secondary N) is 1. The van der Waals surface area contributed by atoms with Crippen LogP contribution in [0.4, 0.5) is 4.79 Å². The summed E-state index contributed by atoms with van der Waals surface area (Å²) in [6.07, 6.45) is 5.46. The van der Waals surface area contributed by atoms with E-state index in [-0.39, 0.29) is 24.3 Å². The maximum absolute atomic E-state index is 12.0. The van der Waals surface area contributed by atoms with E-state index in [0.717, 1.165) is 32.4 Å². The lowest BCUT2D eigenvalue weighted by Gasteiger charge is -2.43. The minimum Gasteiger partial charge on any atom is -0.444 e. The summed E-state index contributed by atoms with van der Waals surface area (Å²) in [7, 11) is 0. The second-order valence-electron chi connectivity index (χ2n) is 7.38. The number of carbonyl (C=O) groups is 1. The highest BCUT2D eigenvalue weighted by atomic mass is 16.6. The molecule has 2 N–H and O–H groups in total. The van der Waals surface area contributed by atoms with Crippen LogP contribution in [0.25, 0.3) is 0 Å². The van der Waals surface area contributed by atoms with Crippen LogP contribution in [0.1, 0.15) is 59.3 Å². The SMILES string of the molecule is CC(C)(C)OC(=O)NC1CCC(O)CC1N1CCCCC1. The number of hydrogen-bond donors (Lipinski definition) is 2. The molecular formula is C16H30N2O3. The number of aliphatic hydroxyl groups is 1. The first-order chi connectivity index (χ1) is 9.85. The van der Waals surface area contributed by atoms with Gasteiger partial charge in [0, 0.05) is 12.1 Å². The van der Waals surface area contributed by atoms with E-state index < -0.39 is 5.60 Å². The summed E-state index contributed by atoms with van der Waals surface area (Å²) in [6, 6.07) is 0.322. The van der Waals surface area contributed by atoms with Gasteiger partial charge in [-0.25, -0.2) is 4.79 Å². The van der Waals surface area contributed by atoms with Crippen LogP contribution in [0.2, 0.25) is 0 Å². The Hall–Kier alpha value is -0.810. The molecule has 1 saturated carbocycles. The summed E-state index contributed by atoms with van der Waals surface area (Å²) in [5, 5.41) is 13.0. The van der Waals surface area contributed by atoms with E-state index >= 15 is 0 Å². The Balaban J connectivity index is 1.95. The van der Waals surface area contributed by atoms with Gasteiger partial charge in [0.2, 0.25) is 0 Å². The van der Waals surface area contributed by atoms with Crippen molar-refractivity contribution in [3.63, 3.8) is 0 Å². The Bertz CT molecular complexity index is 348. The van der Waals surface area contributed by atoms with Crippen molar-refractivity contribution < 1.29 is 14.6 Å². The van der Waals surface area contributed by atoms with Gasteiger partial charge in [0.05, 0.1) is 6.10 Å². The predicted molar refractivity (Wildman–Crippen MR) is 82.2 cm³/mol. The molecule has 2 aliphatic rings. The highest BCUT2D eigenvalue weighted by molar-refractivity contribution is 5.68.